The van der Waals surface area contributed by atoms with E-state index in [-0.39, 0.29) is 0 Å². The molecule has 0 heteroatoms. The van der Waals surface area contributed by atoms with Gasteiger partial charge in [-0.1, -0.05) is 46.3 Å². The van der Waals surface area contributed by atoms with Crippen LogP contribution in [0, 0.1) is 46.3 Å². The molecule has 3 fully saturated rings. The van der Waals surface area contributed by atoms with E-state index in [0.29, 0.717) is 10.8 Å². The van der Waals surface area contributed by atoms with Gasteiger partial charge in [0.25, 0.3) is 0 Å². The molecule has 23 heavy (non-hydrogen) atoms. The molecule has 0 aromatic rings. The van der Waals surface area contributed by atoms with E-state index in [1.54, 1.807) is 6.42 Å². The Balaban J connectivity index is 1.63. The summed E-state index contributed by atoms with van der Waals surface area (Å²) in [5, 5.41) is 0. The van der Waals surface area contributed by atoms with Crippen LogP contribution in [0.1, 0.15) is 85.5 Å². The van der Waals surface area contributed by atoms with Gasteiger partial charge in [-0.05, 0) is 97.7 Å². The molecule has 0 N–H and O–H groups in total. The van der Waals surface area contributed by atoms with Crippen LogP contribution in [0.2, 0.25) is 0 Å². The predicted molar refractivity (Wildman–Crippen MR) is 99.2 cm³/mol. The maximum Gasteiger partial charge on any atom is -0.00872 e. The van der Waals surface area contributed by atoms with Crippen molar-refractivity contribution in [1.29, 1.82) is 0 Å². The first kappa shape index (κ1) is 16.2. The van der Waals surface area contributed by atoms with Gasteiger partial charge in [0.15, 0.2) is 0 Å². The highest BCUT2D eigenvalue weighted by Crippen LogP contribution is 2.67. The molecule has 3 saturated carbocycles. The Morgan fingerprint density at radius 3 is 2.61 bits per heavy atom. The smallest absolute Gasteiger partial charge is 0.00872 e. The largest absolute Gasteiger partial charge is 0.0880 e. The van der Waals surface area contributed by atoms with E-state index in [1.165, 1.54) is 51.4 Å². The summed E-state index contributed by atoms with van der Waals surface area (Å²) in [6.45, 7) is 10.3. The zero-order valence-electron chi connectivity index (χ0n) is 16.0. The minimum atomic E-state index is 0.539. The molecule has 0 amide bonds. The zero-order valence-corrected chi connectivity index (χ0v) is 16.0. The van der Waals surface area contributed by atoms with Crippen molar-refractivity contribution in [1.82, 2.24) is 0 Å². The Bertz CT molecular complexity index is 476. The number of hydrogen-bond donors (Lipinski definition) is 0. The Morgan fingerprint density at radius 2 is 1.83 bits per heavy atom. The maximum absolute atomic E-state index is 2.70. The molecule has 8 atom stereocenters. The van der Waals surface area contributed by atoms with E-state index in [1.807, 2.05) is 0 Å². The summed E-state index contributed by atoms with van der Waals surface area (Å²) in [6.07, 6.45) is 18.5. The van der Waals surface area contributed by atoms with E-state index in [9.17, 15) is 0 Å². The third-order valence-electron chi connectivity index (χ3n) is 9.53. The molecule has 0 radical (unpaired) electrons. The van der Waals surface area contributed by atoms with Crippen molar-refractivity contribution < 1.29 is 0 Å². The second kappa shape index (κ2) is 5.63. The molecule has 0 aromatic heterocycles. The van der Waals surface area contributed by atoms with Gasteiger partial charge in [-0.15, -0.1) is 0 Å². The summed E-state index contributed by atoms with van der Waals surface area (Å²) in [5.41, 5.74) is 1.20. The summed E-state index contributed by atoms with van der Waals surface area (Å²) in [4.78, 5) is 0. The second-order valence-electron chi connectivity index (χ2n) is 10.1. The maximum atomic E-state index is 2.70. The van der Waals surface area contributed by atoms with Crippen LogP contribution in [0.5, 0.6) is 0 Å². The molecular weight excluding hydrogens is 276 g/mol. The Hall–Kier alpha value is -0.260. The zero-order chi connectivity index (χ0) is 16.2. The molecule has 0 saturated heterocycles. The van der Waals surface area contributed by atoms with Gasteiger partial charge in [0, 0.05) is 0 Å². The summed E-state index contributed by atoms with van der Waals surface area (Å²) in [6, 6.07) is 0. The van der Waals surface area contributed by atoms with Crippen LogP contribution < -0.4 is 0 Å². The van der Waals surface area contributed by atoms with Crippen molar-refractivity contribution in [2.24, 2.45) is 46.3 Å². The molecule has 1 unspecified atom stereocenters. The van der Waals surface area contributed by atoms with Gasteiger partial charge < -0.3 is 0 Å². The van der Waals surface area contributed by atoms with Gasteiger partial charge in [-0.3, -0.25) is 0 Å². The molecule has 0 aromatic carbocycles. The topological polar surface area (TPSA) is 0 Å². The quantitative estimate of drug-likeness (QED) is 0.488. The number of fused-ring (bicyclic) bond motifs is 5. The fourth-order valence-corrected chi connectivity index (χ4v) is 8.08. The summed E-state index contributed by atoms with van der Waals surface area (Å²) < 4.78 is 0. The first-order chi connectivity index (χ1) is 11.0. The number of rotatable bonds is 2. The SMILES string of the molecule is CC[C@@H](C)[C@H]1CC[C@H]2[C@@H]3CCC4CCC=C[C@]4(C)[C@H]3CC[C@]12C. The highest BCUT2D eigenvalue weighted by atomic mass is 14.6. The van der Waals surface area contributed by atoms with E-state index < -0.39 is 0 Å². The Kier molecular flexibility index (Phi) is 3.97. The fraction of sp³-hybridized carbons (Fsp3) is 0.913. The van der Waals surface area contributed by atoms with Gasteiger partial charge in [-0.25, -0.2) is 0 Å². The average molecular weight is 315 g/mol. The molecule has 4 rings (SSSR count). The summed E-state index contributed by atoms with van der Waals surface area (Å²) in [5.74, 6) is 5.99. The van der Waals surface area contributed by atoms with Crippen molar-refractivity contribution in [3.8, 4) is 0 Å². The van der Waals surface area contributed by atoms with E-state index in [4.69, 9.17) is 0 Å². The first-order valence-electron chi connectivity index (χ1n) is 10.7. The van der Waals surface area contributed by atoms with Gasteiger partial charge in [0.05, 0.1) is 0 Å². The van der Waals surface area contributed by atoms with Crippen LogP contribution in [-0.2, 0) is 0 Å². The minimum Gasteiger partial charge on any atom is -0.0880 e. The monoisotopic (exact) mass is 314 g/mol. The van der Waals surface area contributed by atoms with Crippen molar-refractivity contribution in [3.05, 3.63) is 12.2 Å². The van der Waals surface area contributed by atoms with Crippen LogP contribution in [0.3, 0.4) is 0 Å². The Morgan fingerprint density at radius 1 is 1.00 bits per heavy atom. The third-order valence-corrected chi connectivity index (χ3v) is 9.53. The molecule has 4 aliphatic rings. The number of hydrogen-bond acceptors (Lipinski definition) is 0. The molecule has 0 aliphatic heterocycles. The lowest BCUT2D eigenvalue weighted by atomic mass is 9.45. The highest BCUT2D eigenvalue weighted by Gasteiger charge is 2.59. The highest BCUT2D eigenvalue weighted by molar-refractivity contribution is 5.15. The second-order valence-corrected chi connectivity index (χ2v) is 10.1. The van der Waals surface area contributed by atoms with Crippen LogP contribution in [0.4, 0.5) is 0 Å². The third kappa shape index (κ3) is 2.22. The number of allylic oxidation sites excluding steroid dienone is 2. The van der Waals surface area contributed by atoms with Crippen molar-refractivity contribution in [3.63, 3.8) is 0 Å². The van der Waals surface area contributed by atoms with Crippen LogP contribution in [-0.4, -0.2) is 0 Å². The molecule has 4 aliphatic carbocycles. The molecule has 130 valence electrons. The van der Waals surface area contributed by atoms with Crippen molar-refractivity contribution >= 4 is 0 Å². The van der Waals surface area contributed by atoms with Crippen molar-refractivity contribution in [2.45, 2.75) is 85.5 Å². The molecule has 0 nitrogen and oxygen atoms in total. The van der Waals surface area contributed by atoms with Crippen LogP contribution in [0.25, 0.3) is 0 Å². The van der Waals surface area contributed by atoms with E-state index >= 15 is 0 Å². The van der Waals surface area contributed by atoms with Crippen LogP contribution in [0.15, 0.2) is 12.2 Å². The van der Waals surface area contributed by atoms with Gasteiger partial charge in [-0.2, -0.15) is 0 Å². The summed E-state index contributed by atoms with van der Waals surface area (Å²) in [7, 11) is 0. The molecule has 0 bridgehead atoms. The lowest BCUT2D eigenvalue weighted by Gasteiger charge is -2.59. The average Bonchev–Trinajstić information content (AvgIpc) is 2.91. The van der Waals surface area contributed by atoms with E-state index in [0.717, 1.165) is 35.5 Å². The molecule has 0 spiro atoms. The minimum absolute atomic E-state index is 0.539. The van der Waals surface area contributed by atoms with Gasteiger partial charge >= 0.3 is 0 Å². The van der Waals surface area contributed by atoms with Gasteiger partial charge in [0.2, 0.25) is 0 Å². The first-order valence-corrected chi connectivity index (χ1v) is 10.7. The fourth-order valence-electron chi connectivity index (χ4n) is 8.08. The molecule has 0 heterocycles. The Labute approximate surface area is 144 Å². The summed E-state index contributed by atoms with van der Waals surface area (Å²) >= 11 is 0. The lowest BCUT2D eigenvalue weighted by Crippen LogP contribution is -2.52. The van der Waals surface area contributed by atoms with Crippen molar-refractivity contribution in [2.75, 3.05) is 0 Å². The van der Waals surface area contributed by atoms with E-state index in [2.05, 4.69) is 39.8 Å². The normalized spacial score (nSPS) is 53.3. The van der Waals surface area contributed by atoms with Crippen LogP contribution >= 0.6 is 0 Å². The molecular formula is C23H38. The standard InChI is InChI=1S/C23H38/c1-5-16(2)19-11-12-20-18-10-9-17-8-6-7-14-22(17,3)21(18)13-15-23(19,20)4/h7,14,16-21H,5-6,8-13,15H2,1-4H3/t16-,17?,18+,19-,20+,21+,22+,23-/m1/s1. The predicted octanol–water partition coefficient (Wildman–Crippen LogP) is 6.86. The lowest BCUT2D eigenvalue weighted by molar-refractivity contribution is -0.0842. The van der Waals surface area contributed by atoms with Gasteiger partial charge in [0.1, 0.15) is 0 Å².